The first-order chi connectivity index (χ1) is 11.1. The van der Waals surface area contributed by atoms with Crippen molar-refractivity contribution in [1.29, 1.82) is 0 Å². The third kappa shape index (κ3) is 4.16. The second-order valence-electron chi connectivity index (χ2n) is 6.90. The lowest BCUT2D eigenvalue weighted by Gasteiger charge is -2.37. The zero-order valence-corrected chi connectivity index (χ0v) is 17.4. The van der Waals surface area contributed by atoms with E-state index in [1.807, 2.05) is 11.8 Å². The van der Waals surface area contributed by atoms with Crippen LogP contribution in [-0.4, -0.2) is 31.6 Å². The van der Waals surface area contributed by atoms with Crippen molar-refractivity contribution in [2.45, 2.75) is 36.1 Å². The number of hydrogen-bond donors (Lipinski definition) is 0. The first-order valence-corrected chi connectivity index (χ1v) is 9.17. The van der Waals surface area contributed by atoms with Gasteiger partial charge in [-0.3, -0.25) is 0 Å². The van der Waals surface area contributed by atoms with Gasteiger partial charge in [0.15, 0.2) is 0 Å². The Morgan fingerprint density at radius 3 is 1.88 bits per heavy atom. The van der Waals surface area contributed by atoms with Crippen LogP contribution in [0.4, 0.5) is 11.4 Å². The summed E-state index contributed by atoms with van der Waals surface area (Å²) in [7, 11) is 4.40. The van der Waals surface area contributed by atoms with E-state index >= 15 is 0 Å². The van der Waals surface area contributed by atoms with Gasteiger partial charge in [-0.1, -0.05) is 49.9 Å². The molecule has 0 amide bonds. The van der Waals surface area contributed by atoms with E-state index in [-0.39, 0.29) is 17.0 Å². The summed E-state index contributed by atoms with van der Waals surface area (Å²) in [5.41, 5.74) is 2.68. The third-order valence-corrected chi connectivity index (χ3v) is 5.53. The number of fused-ring (bicyclic) bond motifs is 2. The Bertz CT molecular complexity index is 627. The predicted octanol–water partition coefficient (Wildman–Crippen LogP) is 5.84. The fourth-order valence-electron chi connectivity index (χ4n) is 3.18. The molecule has 1 atom stereocenters. The van der Waals surface area contributed by atoms with Gasteiger partial charge < -0.3 is 9.80 Å². The summed E-state index contributed by atoms with van der Waals surface area (Å²) in [6, 6.07) is 18.1. The van der Waals surface area contributed by atoms with Crippen LogP contribution in [0.1, 0.15) is 20.3 Å². The molecule has 0 aliphatic carbocycles. The average molecular weight is 407 g/mol. The Labute approximate surface area is 161 Å². The van der Waals surface area contributed by atoms with Crippen LogP contribution in [0.15, 0.2) is 58.3 Å². The van der Waals surface area contributed by atoms with Gasteiger partial charge in [-0.25, -0.2) is 0 Å². The van der Waals surface area contributed by atoms with E-state index in [0.29, 0.717) is 12.0 Å². The molecule has 0 fully saturated rings. The maximum Gasteiger partial charge on any atom is 0.0553 e. The van der Waals surface area contributed by atoms with E-state index in [4.69, 9.17) is 0 Å². The molecule has 2 nitrogen and oxygen atoms in total. The highest BCUT2D eigenvalue weighted by atomic mass is 79.9. The normalized spacial score (nSPS) is 14.2. The number of halogens is 1. The van der Waals surface area contributed by atoms with Gasteiger partial charge in [0.2, 0.25) is 0 Å². The molecular weight excluding hydrogens is 380 g/mol. The van der Waals surface area contributed by atoms with Gasteiger partial charge in [0, 0.05) is 22.4 Å². The van der Waals surface area contributed by atoms with Gasteiger partial charge in [0.05, 0.1) is 11.4 Å². The molecule has 130 valence electrons. The first-order valence-electron chi connectivity index (χ1n) is 8.36. The summed E-state index contributed by atoms with van der Waals surface area (Å²) < 4.78 is 0. The van der Waals surface area contributed by atoms with Crippen LogP contribution < -0.4 is 4.90 Å². The number of rotatable bonds is 5. The maximum absolute atomic E-state index is 2.51. The standard InChI is InChI=1S/C20H26N2S.BrH/c1-15(2)13-16(21(3)4)14-22-17-9-5-7-11-19(17)23-20-12-8-6-10-18(20)22;/h5-12,15-16H,13-14H2,1-4H3;1H. The van der Waals surface area contributed by atoms with Crippen molar-refractivity contribution >= 4 is 40.1 Å². The summed E-state index contributed by atoms with van der Waals surface area (Å²) in [6.45, 7) is 5.65. The van der Waals surface area contributed by atoms with Crippen molar-refractivity contribution in [3.05, 3.63) is 48.5 Å². The fraction of sp³-hybridized carbons (Fsp3) is 0.400. The van der Waals surface area contributed by atoms with E-state index in [2.05, 4.69) is 86.3 Å². The molecule has 1 unspecified atom stereocenters. The molecule has 1 aliphatic rings. The van der Waals surface area contributed by atoms with Gasteiger partial charge in [0.1, 0.15) is 0 Å². The summed E-state index contributed by atoms with van der Waals surface area (Å²) in [4.78, 5) is 7.59. The topological polar surface area (TPSA) is 6.48 Å². The Morgan fingerprint density at radius 2 is 1.42 bits per heavy atom. The second-order valence-corrected chi connectivity index (χ2v) is 7.98. The van der Waals surface area contributed by atoms with E-state index in [9.17, 15) is 0 Å². The van der Waals surface area contributed by atoms with Gasteiger partial charge in [-0.2, -0.15) is 0 Å². The van der Waals surface area contributed by atoms with Crippen LogP contribution in [0, 0.1) is 5.92 Å². The highest BCUT2D eigenvalue weighted by molar-refractivity contribution is 8.93. The Morgan fingerprint density at radius 1 is 0.917 bits per heavy atom. The zero-order valence-electron chi connectivity index (χ0n) is 14.9. The number of nitrogens with zero attached hydrogens (tertiary/aromatic N) is 2. The minimum absolute atomic E-state index is 0. The lowest BCUT2D eigenvalue weighted by atomic mass is 10.0. The average Bonchev–Trinajstić information content (AvgIpc) is 2.53. The molecule has 4 heteroatoms. The van der Waals surface area contributed by atoms with E-state index in [1.165, 1.54) is 27.6 Å². The lowest BCUT2D eigenvalue weighted by molar-refractivity contribution is 0.260. The molecule has 0 bridgehead atoms. The second kappa shape index (κ2) is 8.41. The molecule has 3 rings (SSSR count). The molecule has 0 saturated heterocycles. The molecule has 0 saturated carbocycles. The molecule has 0 aromatic heterocycles. The van der Waals surface area contributed by atoms with Crippen LogP contribution in [0.5, 0.6) is 0 Å². The van der Waals surface area contributed by atoms with Gasteiger partial charge in [-0.15, -0.1) is 17.0 Å². The number of para-hydroxylation sites is 2. The summed E-state index contributed by atoms with van der Waals surface area (Å²) >= 11 is 1.88. The van der Waals surface area contributed by atoms with Crippen LogP contribution in [0.3, 0.4) is 0 Å². The van der Waals surface area contributed by atoms with Crippen LogP contribution in [-0.2, 0) is 0 Å². The van der Waals surface area contributed by atoms with Gasteiger partial charge >= 0.3 is 0 Å². The summed E-state index contributed by atoms with van der Waals surface area (Å²) in [5, 5.41) is 0. The zero-order chi connectivity index (χ0) is 16.4. The molecule has 0 radical (unpaired) electrons. The molecule has 24 heavy (non-hydrogen) atoms. The SMILES string of the molecule is Br.CC(C)CC(CN1c2ccccc2Sc2ccccc21)N(C)C. The van der Waals surface area contributed by atoms with Crippen molar-refractivity contribution in [2.24, 2.45) is 5.92 Å². The van der Waals surface area contributed by atoms with Gasteiger partial charge in [0.25, 0.3) is 0 Å². The number of hydrogen-bond acceptors (Lipinski definition) is 3. The van der Waals surface area contributed by atoms with Crippen molar-refractivity contribution in [3.63, 3.8) is 0 Å². The molecule has 2 aromatic carbocycles. The number of anilines is 2. The van der Waals surface area contributed by atoms with Crippen LogP contribution >= 0.6 is 28.7 Å². The van der Waals surface area contributed by atoms with Crippen molar-refractivity contribution in [3.8, 4) is 0 Å². The minimum Gasteiger partial charge on any atom is -0.338 e. The van der Waals surface area contributed by atoms with Crippen LogP contribution in [0.25, 0.3) is 0 Å². The molecular formula is C20H27BrN2S. The number of likely N-dealkylation sites (N-methyl/N-ethyl adjacent to an activating group) is 1. The Kier molecular flexibility index (Phi) is 6.79. The van der Waals surface area contributed by atoms with E-state index in [1.54, 1.807) is 0 Å². The maximum atomic E-state index is 2.51. The van der Waals surface area contributed by atoms with E-state index < -0.39 is 0 Å². The largest absolute Gasteiger partial charge is 0.338 e. The minimum atomic E-state index is 0. The Balaban J connectivity index is 0.00000208. The molecule has 0 spiro atoms. The highest BCUT2D eigenvalue weighted by Crippen LogP contribution is 2.47. The summed E-state index contributed by atoms with van der Waals surface area (Å²) in [5.74, 6) is 0.701. The molecule has 1 heterocycles. The molecule has 0 N–H and O–H groups in total. The monoisotopic (exact) mass is 406 g/mol. The van der Waals surface area contributed by atoms with Crippen molar-refractivity contribution < 1.29 is 0 Å². The lowest BCUT2D eigenvalue weighted by Crippen LogP contribution is -2.40. The molecule has 2 aromatic rings. The number of benzene rings is 2. The summed E-state index contributed by atoms with van der Waals surface area (Å²) in [6.07, 6.45) is 1.21. The van der Waals surface area contributed by atoms with Gasteiger partial charge in [-0.05, 0) is 50.7 Å². The Hall–Kier alpha value is -0.970. The highest BCUT2D eigenvalue weighted by Gasteiger charge is 2.26. The smallest absolute Gasteiger partial charge is 0.0553 e. The van der Waals surface area contributed by atoms with Crippen molar-refractivity contribution in [2.75, 3.05) is 25.5 Å². The fourth-order valence-corrected chi connectivity index (χ4v) is 4.28. The van der Waals surface area contributed by atoms with E-state index in [0.717, 1.165) is 6.54 Å². The molecule has 1 aliphatic heterocycles. The third-order valence-electron chi connectivity index (χ3n) is 4.40. The quantitative estimate of drug-likeness (QED) is 0.615. The van der Waals surface area contributed by atoms with Crippen molar-refractivity contribution in [1.82, 2.24) is 4.90 Å². The predicted molar refractivity (Wildman–Crippen MR) is 111 cm³/mol. The first kappa shape index (κ1) is 19.4. The van der Waals surface area contributed by atoms with Crippen LogP contribution in [0.2, 0.25) is 0 Å².